The summed E-state index contributed by atoms with van der Waals surface area (Å²) in [5.41, 5.74) is 2.00. The molecule has 0 radical (unpaired) electrons. The number of fused-ring (bicyclic) bond motifs is 2. The molecule has 0 fully saturated rings. The van der Waals surface area contributed by atoms with E-state index >= 15 is 0 Å². The summed E-state index contributed by atoms with van der Waals surface area (Å²) in [4.78, 5) is 26.3. The second kappa shape index (κ2) is 7.63. The Bertz CT molecular complexity index is 1230. The van der Waals surface area contributed by atoms with Crippen LogP contribution in [0.3, 0.4) is 0 Å². The third-order valence-electron chi connectivity index (χ3n) is 5.76. The van der Waals surface area contributed by atoms with Crippen LogP contribution in [0.15, 0.2) is 73.3 Å². The molecule has 0 aliphatic carbocycles. The Morgan fingerprint density at radius 3 is 1.48 bits per heavy atom. The molecule has 2 aromatic heterocycles. The molecule has 0 spiro atoms. The Kier molecular flexibility index (Phi) is 4.46. The normalized spacial score (nSPS) is 14.5. The first-order chi connectivity index (χ1) is 16.2. The molecular weight excluding hydrogens is 416 g/mol. The fraction of sp³-hybridized carbons (Fsp3) is 0.167. The summed E-state index contributed by atoms with van der Waals surface area (Å²) in [6, 6.07) is 16.0. The number of hydrogen-bond donors (Lipinski definition) is 0. The van der Waals surface area contributed by atoms with Crippen molar-refractivity contribution in [1.29, 1.82) is 0 Å². The topological polar surface area (TPSA) is 73.8 Å². The van der Waals surface area contributed by atoms with Gasteiger partial charge in [-0.1, -0.05) is 12.1 Å². The van der Waals surface area contributed by atoms with Crippen LogP contribution in [0, 0.1) is 0 Å². The Balaban J connectivity index is 1.27. The number of ether oxygens (including phenoxy) is 1. The van der Waals surface area contributed by atoms with Gasteiger partial charge in [-0.25, -0.2) is 19.9 Å². The fourth-order valence-electron chi connectivity index (χ4n) is 4.23. The molecule has 0 N–H and O–H groups in total. The average Bonchev–Trinajstić information content (AvgIpc) is 3.37. The Hall–Kier alpha value is -4.40. The molecule has 9 nitrogen and oxygen atoms in total. The van der Waals surface area contributed by atoms with Gasteiger partial charge in [0.15, 0.2) is 23.3 Å². The monoisotopic (exact) mass is 438 g/mol. The molecule has 2 aromatic carbocycles. The standard InChI is InChI=1S/C24H22N8O/c1-29-15-31(23-21(29)25-9-11-27-23)17-5-3-7-19(13-17)33-20-8-4-6-18(14-20)32-16-30(2)22-24(32)28-12-10-26-22/h3-14H,15-16H2,1-2H3. The minimum absolute atomic E-state index is 0.682. The molecular formula is C24H22N8O. The summed E-state index contributed by atoms with van der Waals surface area (Å²) >= 11 is 0. The molecule has 0 amide bonds. The van der Waals surface area contributed by atoms with Crippen molar-refractivity contribution in [2.75, 3.05) is 47.0 Å². The third-order valence-corrected chi connectivity index (χ3v) is 5.76. The zero-order chi connectivity index (χ0) is 22.4. The Labute approximate surface area is 191 Å². The molecule has 9 heteroatoms. The maximum atomic E-state index is 6.26. The lowest BCUT2D eigenvalue weighted by molar-refractivity contribution is 0.483. The van der Waals surface area contributed by atoms with Gasteiger partial charge < -0.3 is 24.3 Å². The molecule has 164 valence electrons. The number of nitrogens with zero attached hydrogens (tertiary/aromatic N) is 8. The highest BCUT2D eigenvalue weighted by molar-refractivity contribution is 5.77. The lowest BCUT2D eigenvalue weighted by Gasteiger charge is -2.20. The van der Waals surface area contributed by atoms with Gasteiger partial charge >= 0.3 is 0 Å². The quantitative estimate of drug-likeness (QED) is 0.467. The SMILES string of the molecule is CN1CN(c2cccc(Oc3cccc(N4CN(C)c5nccnc54)c3)c2)c2nccnc21. The van der Waals surface area contributed by atoms with Crippen molar-refractivity contribution >= 4 is 34.6 Å². The molecule has 0 bridgehead atoms. The highest BCUT2D eigenvalue weighted by Gasteiger charge is 2.28. The Morgan fingerprint density at radius 1 is 0.606 bits per heavy atom. The van der Waals surface area contributed by atoms with E-state index in [0.29, 0.717) is 13.3 Å². The highest BCUT2D eigenvalue weighted by Crippen LogP contribution is 2.39. The molecule has 2 aliphatic rings. The van der Waals surface area contributed by atoms with E-state index in [1.165, 1.54) is 0 Å². The van der Waals surface area contributed by atoms with E-state index in [1.807, 2.05) is 50.5 Å². The van der Waals surface area contributed by atoms with Crippen LogP contribution in [0.1, 0.15) is 0 Å². The summed E-state index contributed by atoms with van der Waals surface area (Å²) < 4.78 is 6.26. The first-order valence-electron chi connectivity index (χ1n) is 10.6. The van der Waals surface area contributed by atoms with Crippen molar-refractivity contribution in [2.45, 2.75) is 0 Å². The smallest absolute Gasteiger partial charge is 0.178 e. The molecule has 0 unspecified atom stereocenters. The van der Waals surface area contributed by atoms with E-state index < -0.39 is 0 Å². The van der Waals surface area contributed by atoms with Crippen molar-refractivity contribution < 1.29 is 4.74 Å². The number of hydrogen-bond acceptors (Lipinski definition) is 9. The van der Waals surface area contributed by atoms with E-state index in [-0.39, 0.29) is 0 Å². The van der Waals surface area contributed by atoms with Gasteiger partial charge in [-0.2, -0.15) is 0 Å². The van der Waals surface area contributed by atoms with Crippen LogP contribution < -0.4 is 24.3 Å². The average molecular weight is 438 g/mol. The maximum absolute atomic E-state index is 6.26. The van der Waals surface area contributed by atoms with Gasteiger partial charge in [0, 0.05) is 62.4 Å². The van der Waals surface area contributed by atoms with Crippen molar-refractivity contribution in [3.8, 4) is 11.5 Å². The van der Waals surface area contributed by atoms with Crippen LogP contribution in [0.2, 0.25) is 0 Å². The van der Waals surface area contributed by atoms with Gasteiger partial charge in [0.25, 0.3) is 0 Å². The van der Waals surface area contributed by atoms with Gasteiger partial charge in [0.1, 0.15) is 11.5 Å². The summed E-state index contributed by atoms with van der Waals surface area (Å²) in [6.07, 6.45) is 6.87. The molecule has 4 aromatic rings. The number of anilines is 6. The lowest BCUT2D eigenvalue weighted by atomic mass is 10.2. The van der Waals surface area contributed by atoms with Crippen LogP contribution in [0.4, 0.5) is 34.6 Å². The van der Waals surface area contributed by atoms with Crippen molar-refractivity contribution in [1.82, 2.24) is 19.9 Å². The minimum atomic E-state index is 0.682. The third kappa shape index (κ3) is 3.34. The first-order valence-corrected chi connectivity index (χ1v) is 10.6. The van der Waals surface area contributed by atoms with Crippen molar-refractivity contribution in [3.05, 3.63) is 73.3 Å². The predicted molar refractivity (Wildman–Crippen MR) is 128 cm³/mol. The molecule has 33 heavy (non-hydrogen) atoms. The number of benzene rings is 2. The number of aromatic nitrogens is 4. The fourth-order valence-corrected chi connectivity index (χ4v) is 4.23. The van der Waals surface area contributed by atoms with E-state index in [0.717, 1.165) is 46.1 Å². The summed E-state index contributed by atoms with van der Waals surface area (Å²) in [6.45, 7) is 1.36. The largest absolute Gasteiger partial charge is 0.457 e. The second-order valence-corrected chi connectivity index (χ2v) is 8.04. The minimum Gasteiger partial charge on any atom is -0.457 e. The van der Waals surface area contributed by atoms with Crippen molar-refractivity contribution in [3.63, 3.8) is 0 Å². The zero-order valence-corrected chi connectivity index (χ0v) is 18.3. The Morgan fingerprint density at radius 2 is 1.03 bits per heavy atom. The zero-order valence-electron chi connectivity index (χ0n) is 18.3. The van der Waals surface area contributed by atoms with Crippen LogP contribution >= 0.6 is 0 Å². The van der Waals surface area contributed by atoms with E-state index in [1.54, 1.807) is 24.8 Å². The van der Waals surface area contributed by atoms with Gasteiger partial charge in [-0.15, -0.1) is 0 Å². The maximum Gasteiger partial charge on any atom is 0.178 e. The second-order valence-electron chi connectivity index (χ2n) is 8.04. The highest BCUT2D eigenvalue weighted by atomic mass is 16.5. The summed E-state index contributed by atoms with van der Waals surface area (Å²) in [7, 11) is 4.02. The molecule has 6 rings (SSSR count). The van der Waals surface area contributed by atoms with Crippen molar-refractivity contribution in [2.24, 2.45) is 0 Å². The van der Waals surface area contributed by atoms with Crippen LogP contribution in [-0.4, -0.2) is 47.4 Å². The molecule has 2 aliphatic heterocycles. The molecule has 0 saturated carbocycles. The van der Waals surface area contributed by atoms with Gasteiger partial charge in [0.2, 0.25) is 0 Å². The van der Waals surface area contributed by atoms with Gasteiger partial charge in [-0.3, -0.25) is 0 Å². The van der Waals surface area contributed by atoms with E-state index in [2.05, 4.69) is 51.7 Å². The van der Waals surface area contributed by atoms with Crippen LogP contribution in [0.5, 0.6) is 11.5 Å². The summed E-state index contributed by atoms with van der Waals surface area (Å²) in [5, 5.41) is 0. The summed E-state index contributed by atoms with van der Waals surface area (Å²) in [5.74, 6) is 4.94. The molecule has 4 heterocycles. The van der Waals surface area contributed by atoms with Gasteiger partial charge in [-0.05, 0) is 24.3 Å². The van der Waals surface area contributed by atoms with E-state index in [9.17, 15) is 0 Å². The predicted octanol–water partition coefficient (Wildman–Crippen LogP) is 4.15. The molecule has 0 atom stereocenters. The molecule has 0 saturated heterocycles. The van der Waals surface area contributed by atoms with Crippen LogP contribution in [0.25, 0.3) is 0 Å². The first kappa shape index (κ1) is 19.3. The lowest BCUT2D eigenvalue weighted by Crippen LogP contribution is -2.24. The van der Waals surface area contributed by atoms with Gasteiger partial charge in [0.05, 0.1) is 13.3 Å². The van der Waals surface area contributed by atoms with Crippen LogP contribution in [-0.2, 0) is 0 Å². The number of rotatable bonds is 4. The van der Waals surface area contributed by atoms with E-state index in [4.69, 9.17) is 4.74 Å².